The van der Waals surface area contributed by atoms with Gasteiger partial charge in [0.1, 0.15) is 5.60 Å². The molecule has 0 N–H and O–H groups in total. The minimum absolute atomic E-state index is 0.283. The number of hydrogen-bond acceptors (Lipinski definition) is 3. The molecule has 1 aliphatic heterocycles. The van der Waals surface area contributed by atoms with Crippen LogP contribution >= 0.6 is 0 Å². The van der Waals surface area contributed by atoms with Gasteiger partial charge in [-0.3, -0.25) is 9.58 Å². The van der Waals surface area contributed by atoms with Gasteiger partial charge in [-0.2, -0.15) is 5.10 Å². The van der Waals surface area contributed by atoms with Crippen molar-refractivity contribution in [2.75, 3.05) is 6.54 Å². The van der Waals surface area contributed by atoms with Crippen molar-refractivity contribution in [3.05, 3.63) is 36.0 Å². The molecule has 1 aliphatic rings. The predicted molar refractivity (Wildman–Crippen MR) is 100 cm³/mol. The molecular formula is C20H27N3O2. The van der Waals surface area contributed by atoms with Crippen LogP contribution in [0.1, 0.15) is 46.6 Å². The standard InChI is InChI=1S/C20H27N3O2/c1-6-22-13-16-11-15(8-9-17(16)21-22)18-10-7-14(2)12-23(18)19(24)25-20(3,4)5/h8-11,13-14H,6-7,12H2,1-5H3/t14-/m0/s1. The number of benzene rings is 1. The van der Waals surface area contributed by atoms with Crippen LogP contribution in [0.25, 0.3) is 16.6 Å². The number of amides is 1. The first kappa shape index (κ1) is 17.5. The first-order valence-electron chi connectivity index (χ1n) is 8.95. The lowest BCUT2D eigenvalue weighted by molar-refractivity contribution is 0.0327. The summed E-state index contributed by atoms with van der Waals surface area (Å²) in [4.78, 5) is 14.5. The summed E-state index contributed by atoms with van der Waals surface area (Å²) in [5.41, 5.74) is 2.42. The molecular weight excluding hydrogens is 314 g/mol. The number of hydrogen-bond donors (Lipinski definition) is 0. The van der Waals surface area contributed by atoms with Crippen LogP contribution in [0.2, 0.25) is 0 Å². The summed E-state index contributed by atoms with van der Waals surface area (Å²) in [5.74, 6) is 0.419. The van der Waals surface area contributed by atoms with Crippen molar-refractivity contribution in [1.82, 2.24) is 14.7 Å². The molecule has 1 atom stereocenters. The zero-order valence-electron chi connectivity index (χ0n) is 15.7. The quantitative estimate of drug-likeness (QED) is 0.797. The van der Waals surface area contributed by atoms with Crippen molar-refractivity contribution >= 4 is 22.7 Å². The van der Waals surface area contributed by atoms with Crippen molar-refractivity contribution in [3.8, 4) is 0 Å². The topological polar surface area (TPSA) is 47.4 Å². The van der Waals surface area contributed by atoms with Gasteiger partial charge in [0.15, 0.2) is 0 Å². The summed E-state index contributed by atoms with van der Waals surface area (Å²) in [6.45, 7) is 11.4. The van der Waals surface area contributed by atoms with Gasteiger partial charge < -0.3 is 4.74 Å². The maximum absolute atomic E-state index is 12.7. The second kappa shape index (κ2) is 6.54. The van der Waals surface area contributed by atoms with E-state index in [4.69, 9.17) is 4.74 Å². The van der Waals surface area contributed by atoms with Crippen molar-refractivity contribution in [2.45, 2.75) is 53.2 Å². The number of carbonyl (C=O) groups excluding carboxylic acids is 1. The van der Waals surface area contributed by atoms with Crippen LogP contribution in [-0.4, -0.2) is 32.9 Å². The Morgan fingerprint density at radius 2 is 2.12 bits per heavy atom. The van der Waals surface area contributed by atoms with Gasteiger partial charge in [0, 0.05) is 24.7 Å². The third-order valence-corrected chi connectivity index (χ3v) is 4.28. The van der Waals surface area contributed by atoms with Gasteiger partial charge in [0.25, 0.3) is 0 Å². The molecule has 0 saturated carbocycles. The Hall–Kier alpha value is -2.30. The molecule has 0 bridgehead atoms. The zero-order chi connectivity index (χ0) is 18.2. The molecule has 3 rings (SSSR count). The van der Waals surface area contributed by atoms with E-state index in [0.717, 1.165) is 35.1 Å². The summed E-state index contributed by atoms with van der Waals surface area (Å²) in [7, 11) is 0. The molecule has 0 unspecified atom stereocenters. The van der Waals surface area contributed by atoms with Crippen LogP contribution in [0.3, 0.4) is 0 Å². The van der Waals surface area contributed by atoms with Crippen LogP contribution in [0.4, 0.5) is 4.79 Å². The second-order valence-electron chi connectivity index (χ2n) is 7.78. The van der Waals surface area contributed by atoms with Crippen LogP contribution in [0.15, 0.2) is 30.5 Å². The number of rotatable bonds is 2. The van der Waals surface area contributed by atoms with Crippen molar-refractivity contribution in [2.24, 2.45) is 5.92 Å². The highest BCUT2D eigenvalue weighted by atomic mass is 16.6. The number of aromatic nitrogens is 2. The minimum atomic E-state index is -0.505. The van der Waals surface area contributed by atoms with Crippen LogP contribution in [-0.2, 0) is 11.3 Å². The van der Waals surface area contributed by atoms with Crippen LogP contribution in [0.5, 0.6) is 0 Å². The minimum Gasteiger partial charge on any atom is -0.443 e. The Balaban J connectivity index is 1.95. The first-order valence-corrected chi connectivity index (χ1v) is 8.95. The lowest BCUT2D eigenvalue weighted by atomic mass is 9.98. The number of aryl methyl sites for hydroxylation is 1. The second-order valence-corrected chi connectivity index (χ2v) is 7.78. The van der Waals surface area contributed by atoms with Gasteiger partial charge in [-0.25, -0.2) is 4.79 Å². The normalized spacial score (nSPS) is 18.4. The molecule has 5 nitrogen and oxygen atoms in total. The van der Waals surface area contributed by atoms with Crippen LogP contribution < -0.4 is 0 Å². The molecule has 0 saturated heterocycles. The van der Waals surface area contributed by atoms with E-state index in [-0.39, 0.29) is 6.09 Å². The fraction of sp³-hybridized carbons (Fsp3) is 0.500. The molecule has 0 radical (unpaired) electrons. The van der Waals surface area contributed by atoms with Gasteiger partial charge >= 0.3 is 6.09 Å². The van der Waals surface area contributed by atoms with E-state index >= 15 is 0 Å². The first-order chi connectivity index (χ1) is 11.8. The van der Waals surface area contributed by atoms with Crippen molar-refractivity contribution < 1.29 is 9.53 Å². The van der Waals surface area contributed by atoms with E-state index in [1.165, 1.54) is 0 Å². The van der Waals surface area contributed by atoms with Gasteiger partial charge in [-0.15, -0.1) is 0 Å². The number of nitrogens with zero attached hydrogens (tertiary/aromatic N) is 3. The molecule has 1 aromatic heterocycles. The fourth-order valence-corrected chi connectivity index (χ4v) is 3.07. The molecule has 5 heteroatoms. The third kappa shape index (κ3) is 3.86. The number of carbonyl (C=O) groups is 1. The van der Waals surface area contributed by atoms with E-state index in [9.17, 15) is 4.79 Å². The smallest absolute Gasteiger partial charge is 0.414 e. The molecule has 0 aliphatic carbocycles. The third-order valence-electron chi connectivity index (χ3n) is 4.28. The molecule has 1 amide bonds. The molecule has 0 spiro atoms. The number of allylic oxidation sites excluding steroid dienone is 1. The lowest BCUT2D eigenvalue weighted by Crippen LogP contribution is -2.39. The Morgan fingerprint density at radius 3 is 2.80 bits per heavy atom. The average molecular weight is 341 g/mol. The van der Waals surface area contributed by atoms with E-state index in [1.54, 1.807) is 4.90 Å². The fourth-order valence-electron chi connectivity index (χ4n) is 3.07. The van der Waals surface area contributed by atoms with Gasteiger partial charge in [0.05, 0.1) is 11.2 Å². The van der Waals surface area contributed by atoms with Crippen molar-refractivity contribution in [1.29, 1.82) is 0 Å². The van der Waals surface area contributed by atoms with Crippen LogP contribution in [0, 0.1) is 5.92 Å². The van der Waals surface area contributed by atoms with Crippen molar-refractivity contribution in [3.63, 3.8) is 0 Å². The summed E-state index contributed by atoms with van der Waals surface area (Å²) >= 11 is 0. The number of fused-ring (bicyclic) bond motifs is 1. The molecule has 1 aromatic carbocycles. The highest BCUT2D eigenvalue weighted by molar-refractivity contribution is 5.87. The van der Waals surface area contributed by atoms with E-state index in [1.807, 2.05) is 43.8 Å². The summed E-state index contributed by atoms with van der Waals surface area (Å²) < 4.78 is 7.54. The summed E-state index contributed by atoms with van der Waals surface area (Å²) in [5, 5.41) is 5.61. The Kier molecular flexibility index (Phi) is 4.58. The van der Waals surface area contributed by atoms with E-state index < -0.39 is 5.60 Å². The molecule has 2 heterocycles. The Morgan fingerprint density at radius 1 is 1.36 bits per heavy atom. The van der Waals surface area contributed by atoms with Gasteiger partial charge in [-0.1, -0.05) is 19.1 Å². The molecule has 25 heavy (non-hydrogen) atoms. The van der Waals surface area contributed by atoms with Gasteiger partial charge in [0.2, 0.25) is 0 Å². The van der Waals surface area contributed by atoms with E-state index in [2.05, 4.69) is 31.1 Å². The average Bonchev–Trinajstić information content (AvgIpc) is 2.95. The highest BCUT2D eigenvalue weighted by Gasteiger charge is 2.29. The molecule has 2 aromatic rings. The maximum atomic E-state index is 12.7. The molecule has 134 valence electrons. The monoisotopic (exact) mass is 341 g/mol. The SMILES string of the molecule is CCn1cc2cc(C3=CC[C@H](C)CN3C(=O)OC(C)(C)C)ccc2n1. The zero-order valence-corrected chi connectivity index (χ0v) is 15.7. The van der Waals surface area contributed by atoms with Gasteiger partial charge in [-0.05, 0) is 57.7 Å². The Bertz CT molecular complexity index is 814. The predicted octanol–water partition coefficient (Wildman–Crippen LogP) is 4.67. The summed E-state index contributed by atoms with van der Waals surface area (Å²) in [6.07, 6.45) is 4.86. The van der Waals surface area contributed by atoms with E-state index in [0.29, 0.717) is 12.5 Å². The largest absolute Gasteiger partial charge is 0.443 e. The lowest BCUT2D eigenvalue weighted by Gasteiger charge is -2.33. The Labute approximate surface area is 149 Å². The number of ether oxygens (including phenoxy) is 1. The molecule has 0 fully saturated rings. The highest BCUT2D eigenvalue weighted by Crippen LogP contribution is 2.30. The summed E-state index contributed by atoms with van der Waals surface area (Å²) in [6, 6.07) is 6.16. The maximum Gasteiger partial charge on any atom is 0.414 e.